The molecular formula is C24H28N6O4S. The van der Waals surface area contributed by atoms with E-state index in [1.165, 1.54) is 23.9 Å². The fraction of sp³-hybridized carbons (Fsp3) is 0.333. The van der Waals surface area contributed by atoms with Crippen LogP contribution in [0.15, 0.2) is 47.6 Å². The molecule has 3 rings (SSSR count). The summed E-state index contributed by atoms with van der Waals surface area (Å²) >= 11 is 1.19. The Hall–Kier alpha value is -3.73. The van der Waals surface area contributed by atoms with Crippen molar-refractivity contribution in [2.75, 3.05) is 11.1 Å². The number of carbonyl (C=O) groups is 2. The molecule has 0 aliphatic rings. The van der Waals surface area contributed by atoms with Crippen LogP contribution < -0.4 is 10.6 Å². The molecule has 0 aliphatic carbocycles. The number of aryl methyl sites for hydroxylation is 2. The number of aromatic nitrogens is 3. The van der Waals surface area contributed by atoms with E-state index in [9.17, 15) is 19.7 Å². The topological polar surface area (TPSA) is 132 Å². The summed E-state index contributed by atoms with van der Waals surface area (Å²) in [6.45, 7) is 7.69. The predicted molar refractivity (Wildman–Crippen MR) is 134 cm³/mol. The van der Waals surface area contributed by atoms with Crippen molar-refractivity contribution in [1.82, 2.24) is 20.1 Å². The molecule has 0 bridgehead atoms. The summed E-state index contributed by atoms with van der Waals surface area (Å²) in [4.78, 5) is 35.8. The molecule has 0 radical (unpaired) electrons. The molecule has 0 spiro atoms. The van der Waals surface area contributed by atoms with Crippen molar-refractivity contribution in [1.29, 1.82) is 0 Å². The average Bonchev–Trinajstić information content (AvgIpc) is 3.17. The fourth-order valence-corrected chi connectivity index (χ4v) is 4.07. The van der Waals surface area contributed by atoms with Gasteiger partial charge in [-0.05, 0) is 37.5 Å². The number of thioether (sulfide) groups is 1. The summed E-state index contributed by atoms with van der Waals surface area (Å²) in [7, 11) is 1.79. The van der Waals surface area contributed by atoms with Gasteiger partial charge in [-0.3, -0.25) is 19.7 Å². The van der Waals surface area contributed by atoms with Gasteiger partial charge < -0.3 is 15.2 Å². The second kappa shape index (κ2) is 11.1. The molecule has 1 heterocycles. The first kappa shape index (κ1) is 25.9. The van der Waals surface area contributed by atoms with Crippen LogP contribution in [0, 0.1) is 29.9 Å². The van der Waals surface area contributed by atoms with Crippen molar-refractivity contribution in [3.8, 4) is 0 Å². The number of rotatable bonds is 9. The van der Waals surface area contributed by atoms with Crippen LogP contribution in [0.2, 0.25) is 0 Å². The highest BCUT2D eigenvalue weighted by molar-refractivity contribution is 7.99. The second-order valence-electron chi connectivity index (χ2n) is 8.55. The molecule has 3 aromatic rings. The molecule has 0 saturated carbocycles. The van der Waals surface area contributed by atoms with E-state index in [4.69, 9.17) is 0 Å². The first-order chi connectivity index (χ1) is 16.6. The van der Waals surface area contributed by atoms with Crippen LogP contribution in [0.25, 0.3) is 0 Å². The summed E-state index contributed by atoms with van der Waals surface area (Å²) < 4.78 is 1.76. The summed E-state index contributed by atoms with van der Waals surface area (Å²) in [6, 6.07) is 11.3. The number of carbonyl (C=O) groups excluding carboxylic acids is 2. The molecule has 1 atom stereocenters. The Labute approximate surface area is 207 Å². The first-order valence-corrected chi connectivity index (χ1v) is 12.0. The van der Waals surface area contributed by atoms with Gasteiger partial charge in [0.2, 0.25) is 5.91 Å². The SMILES string of the molecule is Cc1ccc(C(=O)N[C@@H](c2nnc(SCC(=O)Nc3cc([N+](=O)[O-])ccc3C)n2C)C(C)C)cc1. The van der Waals surface area contributed by atoms with Gasteiger partial charge in [-0.2, -0.15) is 0 Å². The Balaban J connectivity index is 1.67. The first-order valence-electron chi connectivity index (χ1n) is 11.0. The minimum absolute atomic E-state index is 0.0379. The maximum absolute atomic E-state index is 12.8. The lowest BCUT2D eigenvalue weighted by Gasteiger charge is -2.21. The van der Waals surface area contributed by atoms with Gasteiger partial charge in [0.15, 0.2) is 11.0 Å². The quantitative estimate of drug-likeness (QED) is 0.258. The van der Waals surface area contributed by atoms with E-state index in [1.807, 2.05) is 32.9 Å². The van der Waals surface area contributed by atoms with Crippen LogP contribution in [0.5, 0.6) is 0 Å². The monoisotopic (exact) mass is 496 g/mol. The van der Waals surface area contributed by atoms with Crippen molar-refractivity contribution >= 4 is 35.0 Å². The lowest BCUT2D eigenvalue weighted by atomic mass is 10.0. The molecule has 0 saturated heterocycles. The minimum Gasteiger partial charge on any atom is -0.342 e. The zero-order valence-electron chi connectivity index (χ0n) is 20.2. The number of benzene rings is 2. The Morgan fingerprint density at radius 2 is 1.80 bits per heavy atom. The Morgan fingerprint density at radius 1 is 1.11 bits per heavy atom. The number of amides is 2. The summed E-state index contributed by atoms with van der Waals surface area (Å²) in [6.07, 6.45) is 0. The standard InChI is InChI=1S/C24H28N6O4S/c1-14(2)21(26-23(32)17-9-6-15(3)7-10-17)22-27-28-24(29(22)5)35-13-20(31)25-19-12-18(30(33)34)11-8-16(19)4/h6-12,14,21H,13H2,1-5H3,(H,25,31)(H,26,32)/t21-/m1/s1. The molecule has 2 amide bonds. The van der Waals surface area contributed by atoms with Crippen molar-refractivity contribution in [2.45, 2.75) is 38.9 Å². The van der Waals surface area contributed by atoms with Gasteiger partial charge in [-0.15, -0.1) is 10.2 Å². The van der Waals surface area contributed by atoms with E-state index in [1.54, 1.807) is 36.7 Å². The molecule has 184 valence electrons. The molecule has 0 fully saturated rings. The molecule has 10 nitrogen and oxygen atoms in total. The number of nitrogens with one attached hydrogen (secondary N) is 2. The second-order valence-corrected chi connectivity index (χ2v) is 9.50. The number of anilines is 1. The van der Waals surface area contributed by atoms with Gasteiger partial charge in [0.25, 0.3) is 11.6 Å². The maximum Gasteiger partial charge on any atom is 0.271 e. The Kier molecular flexibility index (Phi) is 8.23. The molecule has 2 N–H and O–H groups in total. The van der Waals surface area contributed by atoms with Gasteiger partial charge in [-0.1, -0.05) is 49.4 Å². The van der Waals surface area contributed by atoms with Crippen molar-refractivity contribution in [2.24, 2.45) is 13.0 Å². The number of nitrogens with zero attached hydrogens (tertiary/aromatic N) is 4. The van der Waals surface area contributed by atoms with E-state index in [-0.39, 0.29) is 35.2 Å². The van der Waals surface area contributed by atoms with Gasteiger partial charge in [-0.25, -0.2) is 0 Å². The van der Waals surface area contributed by atoms with Crippen LogP contribution in [0.3, 0.4) is 0 Å². The van der Waals surface area contributed by atoms with Crippen molar-refractivity contribution < 1.29 is 14.5 Å². The average molecular weight is 497 g/mol. The lowest BCUT2D eigenvalue weighted by Crippen LogP contribution is -2.33. The number of hydrogen-bond acceptors (Lipinski definition) is 7. The van der Waals surface area contributed by atoms with Gasteiger partial charge in [0.1, 0.15) is 0 Å². The Morgan fingerprint density at radius 3 is 2.43 bits per heavy atom. The third-order valence-corrected chi connectivity index (χ3v) is 6.47. The number of nitro benzene ring substituents is 1. The highest BCUT2D eigenvalue weighted by atomic mass is 32.2. The van der Waals surface area contributed by atoms with Gasteiger partial charge >= 0.3 is 0 Å². The normalized spacial score (nSPS) is 11.8. The number of hydrogen-bond donors (Lipinski definition) is 2. The molecular weight excluding hydrogens is 468 g/mol. The minimum atomic E-state index is -0.506. The van der Waals surface area contributed by atoms with Gasteiger partial charge in [0, 0.05) is 24.7 Å². The number of nitro groups is 1. The molecule has 2 aromatic carbocycles. The van der Waals surface area contributed by atoms with E-state index < -0.39 is 4.92 Å². The van der Waals surface area contributed by atoms with Crippen molar-refractivity contribution in [3.05, 3.63) is 75.1 Å². The predicted octanol–water partition coefficient (Wildman–Crippen LogP) is 4.20. The van der Waals surface area contributed by atoms with E-state index >= 15 is 0 Å². The van der Waals surface area contributed by atoms with E-state index in [2.05, 4.69) is 20.8 Å². The molecule has 1 aromatic heterocycles. The van der Waals surface area contributed by atoms with E-state index in [0.29, 0.717) is 22.2 Å². The summed E-state index contributed by atoms with van der Waals surface area (Å²) in [5.41, 5.74) is 2.65. The fourth-order valence-electron chi connectivity index (χ4n) is 3.36. The highest BCUT2D eigenvalue weighted by Crippen LogP contribution is 2.26. The molecule has 11 heteroatoms. The smallest absolute Gasteiger partial charge is 0.271 e. The molecule has 35 heavy (non-hydrogen) atoms. The van der Waals surface area contributed by atoms with Crippen LogP contribution in [0.4, 0.5) is 11.4 Å². The third kappa shape index (κ3) is 6.44. The van der Waals surface area contributed by atoms with Crippen LogP contribution in [-0.2, 0) is 11.8 Å². The summed E-state index contributed by atoms with van der Waals surface area (Å²) in [5.74, 6) is 0.142. The van der Waals surface area contributed by atoms with E-state index in [0.717, 1.165) is 11.1 Å². The highest BCUT2D eigenvalue weighted by Gasteiger charge is 2.25. The largest absolute Gasteiger partial charge is 0.342 e. The zero-order valence-corrected chi connectivity index (χ0v) is 21.0. The third-order valence-electron chi connectivity index (χ3n) is 5.45. The van der Waals surface area contributed by atoms with Crippen LogP contribution >= 0.6 is 11.8 Å². The zero-order chi connectivity index (χ0) is 25.7. The molecule has 0 aliphatic heterocycles. The maximum atomic E-state index is 12.8. The Bertz CT molecular complexity index is 1240. The number of non-ortho nitro benzene ring substituents is 1. The lowest BCUT2D eigenvalue weighted by molar-refractivity contribution is -0.384. The summed E-state index contributed by atoms with van der Waals surface area (Å²) in [5, 5.41) is 25.7. The molecule has 0 unspecified atom stereocenters. The van der Waals surface area contributed by atoms with Crippen LogP contribution in [-0.4, -0.2) is 37.3 Å². The van der Waals surface area contributed by atoms with Crippen molar-refractivity contribution in [3.63, 3.8) is 0 Å². The van der Waals surface area contributed by atoms with Crippen LogP contribution in [0.1, 0.15) is 47.2 Å². The van der Waals surface area contributed by atoms with Gasteiger partial charge in [0.05, 0.1) is 22.4 Å².